The highest BCUT2D eigenvalue weighted by Gasteiger charge is 2.09. The molecule has 0 heterocycles. The van der Waals surface area contributed by atoms with Crippen LogP contribution in [-0.2, 0) is 0 Å². The van der Waals surface area contributed by atoms with Crippen molar-refractivity contribution in [3.63, 3.8) is 0 Å². The Morgan fingerprint density at radius 3 is 2.67 bits per heavy atom. The maximum atomic E-state index is 13.6. The van der Waals surface area contributed by atoms with Crippen molar-refractivity contribution in [2.24, 2.45) is 0 Å². The quantitative estimate of drug-likeness (QED) is 0.858. The molecule has 0 amide bonds. The summed E-state index contributed by atoms with van der Waals surface area (Å²) in [5.74, 6) is -0.137. The van der Waals surface area contributed by atoms with E-state index in [0.717, 1.165) is 6.07 Å². The third kappa shape index (κ3) is 2.44. The van der Waals surface area contributed by atoms with Gasteiger partial charge in [-0.1, -0.05) is 6.07 Å². The molecule has 0 aliphatic rings. The van der Waals surface area contributed by atoms with Crippen LogP contribution in [-0.4, -0.2) is 0 Å². The number of anilines is 1. The number of nitrogens with two attached hydrogens (primary N) is 1. The Morgan fingerprint density at radius 2 is 2.00 bits per heavy atom. The molecule has 0 spiro atoms. The normalized spacial score (nSPS) is 9.83. The number of nitriles is 1. The maximum Gasteiger partial charge on any atom is 0.167 e. The molecule has 0 radical (unpaired) electrons. The molecule has 0 fully saturated rings. The first-order chi connectivity index (χ1) is 8.61. The van der Waals surface area contributed by atoms with Crippen molar-refractivity contribution in [2.45, 2.75) is 0 Å². The molecule has 0 aliphatic heterocycles. The zero-order valence-electron chi connectivity index (χ0n) is 9.15. The standard InChI is InChI=1S/C13H8BrFN2O/c14-13-10(17)2-1-3-12(13)18-11-5-4-8(7-16)6-9(11)15/h1-6H,17H2. The second-order valence-electron chi connectivity index (χ2n) is 3.52. The van der Waals surface area contributed by atoms with Crippen molar-refractivity contribution in [1.82, 2.24) is 0 Å². The second-order valence-corrected chi connectivity index (χ2v) is 4.31. The summed E-state index contributed by atoms with van der Waals surface area (Å²) in [5, 5.41) is 8.64. The molecule has 0 aliphatic carbocycles. The van der Waals surface area contributed by atoms with E-state index in [1.165, 1.54) is 12.1 Å². The summed E-state index contributed by atoms with van der Waals surface area (Å²) in [6.07, 6.45) is 0. The Morgan fingerprint density at radius 1 is 1.22 bits per heavy atom. The fourth-order valence-electron chi connectivity index (χ4n) is 1.38. The van der Waals surface area contributed by atoms with E-state index in [9.17, 15) is 4.39 Å². The summed E-state index contributed by atoms with van der Waals surface area (Å²) < 4.78 is 19.6. The lowest BCUT2D eigenvalue weighted by molar-refractivity contribution is 0.440. The molecule has 2 rings (SSSR count). The summed E-state index contributed by atoms with van der Waals surface area (Å²) in [4.78, 5) is 0. The fraction of sp³-hybridized carbons (Fsp3) is 0. The summed E-state index contributed by atoms with van der Waals surface area (Å²) in [6.45, 7) is 0. The van der Waals surface area contributed by atoms with Crippen LogP contribution in [0.25, 0.3) is 0 Å². The van der Waals surface area contributed by atoms with E-state index in [2.05, 4.69) is 15.9 Å². The molecule has 0 bridgehead atoms. The minimum atomic E-state index is -0.594. The van der Waals surface area contributed by atoms with Crippen LogP contribution in [0.3, 0.4) is 0 Å². The minimum Gasteiger partial charge on any atom is -0.453 e. The van der Waals surface area contributed by atoms with Crippen molar-refractivity contribution in [1.29, 1.82) is 5.26 Å². The lowest BCUT2D eigenvalue weighted by Gasteiger charge is -2.09. The van der Waals surface area contributed by atoms with E-state index >= 15 is 0 Å². The van der Waals surface area contributed by atoms with Gasteiger partial charge in [0.25, 0.3) is 0 Å². The molecule has 3 nitrogen and oxygen atoms in total. The van der Waals surface area contributed by atoms with E-state index in [0.29, 0.717) is 15.9 Å². The van der Waals surface area contributed by atoms with Gasteiger partial charge >= 0.3 is 0 Å². The van der Waals surface area contributed by atoms with E-state index in [1.807, 2.05) is 6.07 Å². The fourth-order valence-corrected chi connectivity index (χ4v) is 1.72. The molecule has 2 N–H and O–H groups in total. The molecule has 0 aromatic heterocycles. The number of halogens is 2. The summed E-state index contributed by atoms with van der Waals surface area (Å²) in [7, 11) is 0. The van der Waals surface area contributed by atoms with Crippen LogP contribution in [0.4, 0.5) is 10.1 Å². The van der Waals surface area contributed by atoms with Crippen molar-refractivity contribution in [3.8, 4) is 17.6 Å². The summed E-state index contributed by atoms with van der Waals surface area (Å²) >= 11 is 3.27. The number of nitrogen functional groups attached to an aromatic ring is 1. The Labute approximate surface area is 112 Å². The number of nitrogens with zero attached hydrogens (tertiary/aromatic N) is 1. The molecule has 0 saturated heterocycles. The van der Waals surface area contributed by atoms with Gasteiger partial charge in [-0.2, -0.15) is 5.26 Å². The topological polar surface area (TPSA) is 59.0 Å². The van der Waals surface area contributed by atoms with Gasteiger partial charge in [0.2, 0.25) is 0 Å². The van der Waals surface area contributed by atoms with Gasteiger partial charge < -0.3 is 10.5 Å². The summed E-state index contributed by atoms with van der Waals surface area (Å²) in [6, 6.07) is 10.9. The first-order valence-corrected chi connectivity index (χ1v) is 5.82. The van der Waals surface area contributed by atoms with Crippen LogP contribution in [0.2, 0.25) is 0 Å². The smallest absolute Gasteiger partial charge is 0.167 e. The molecule has 5 heteroatoms. The maximum absolute atomic E-state index is 13.6. The van der Waals surface area contributed by atoms with E-state index in [-0.39, 0.29) is 11.3 Å². The largest absolute Gasteiger partial charge is 0.453 e. The number of rotatable bonds is 2. The highest BCUT2D eigenvalue weighted by Crippen LogP contribution is 2.34. The SMILES string of the molecule is N#Cc1ccc(Oc2cccc(N)c2Br)c(F)c1. The van der Waals surface area contributed by atoms with Gasteiger partial charge in [0, 0.05) is 5.69 Å². The first kappa shape index (κ1) is 12.4. The number of hydrogen-bond donors (Lipinski definition) is 1. The zero-order valence-corrected chi connectivity index (χ0v) is 10.7. The monoisotopic (exact) mass is 306 g/mol. The Balaban J connectivity index is 2.35. The van der Waals surface area contributed by atoms with Crippen LogP contribution in [0.5, 0.6) is 11.5 Å². The van der Waals surface area contributed by atoms with Crippen molar-refractivity contribution >= 4 is 21.6 Å². The molecule has 2 aromatic rings. The van der Waals surface area contributed by atoms with Crippen LogP contribution in [0, 0.1) is 17.1 Å². The van der Waals surface area contributed by atoms with E-state index < -0.39 is 5.82 Å². The summed E-state index contributed by atoms with van der Waals surface area (Å²) in [5.41, 5.74) is 6.44. The second kappa shape index (κ2) is 5.07. The first-order valence-electron chi connectivity index (χ1n) is 5.03. The molecular weight excluding hydrogens is 299 g/mol. The van der Waals surface area contributed by atoms with Gasteiger partial charge in [-0.05, 0) is 46.3 Å². The third-order valence-corrected chi connectivity index (χ3v) is 3.12. The van der Waals surface area contributed by atoms with Gasteiger partial charge in [-0.3, -0.25) is 0 Å². The zero-order chi connectivity index (χ0) is 13.1. The molecule has 0 atom stereocenters. The highest BCUT2D eigenvalue weighted by molar-refractivity contribution is 9.10. The Kier molecular flexibility index (Phi) is 3.49. The van der Waals surface area contributed by atoms with Gasteiger partial charge in [-0.15, -0.1) is 0 Å². The highest BCUT2D eigenvalue weighted by atomic mass is 79.9. The van der Waals surface area contributed by atoms with E-state index in [1.54, 1.807) is 18.2 Å². The lowest BCUT2D eigenvalue weighted by Crippen LogP contribution is -1.93. The molecule has 0 saturated carbocycles. The molecule has 90 valence electrons. The predicted molar refractivity (Wildman–Crippen MR) is 69.7 cm³/mol. The predicted octanol–water partition coefficient (Wildman–Crippen LogP) is 3.83. The third-order valence-electron chi connectivity index (χ3n) is 2.27. The van der Waals surface area contributed by atoms with Crippen LogP contribution < -0.4 is 10.5 Å². The van der Waals surface area contributed by atoms with E-state index in [4.69, 9.17) is 15.7 Å². The van der Waals surface area contributed by atoms with Crippen LogP contribution in [0.1, 0.15) is 5.56 Å². The molecule has 0 unspecified atom stereocenters. The van der Waals surface area contributed by atoms with Crippen molar-refractivity contribution in [3.05, 3.63) is 52.3 Å². The Bertz CT molecular complexity index is 637. The lowest BCUT2D eigenvalue weighted by atomic mass is 10.2. The Hall–Kier alpha value is -2.06. The number of hydrogen-bond acceptors (Lipinski definition) is 3. The van der Waals surface area contributed by atoms with Crippen LogP contribution in [0.15, 0.2) is 40.9 Å². The van der Waals surface area contributed by atoms with Gasteiger partial charge in [0.1, 0.15) is 5.75 Å². The minimum absolute atomic E-state index is 0.0419. The molecular formula is C13H8BrFN2O. The van der Waals surface area contributed by atoms with Crippen LogP contribution >= 0.6 is 15.9 Å². The van der Waals surface area contributed by atoms with Crippen molar-refractivity contribution < 1.29 is 9.13 Å². The molecule has 2 aromatic carbocycles. The van der Waals surface area contributed by atoms with Gasteiger partial charge in [0.05, 0.1) is 16.1 Å². The van der Waals surface area contributed by atoms with Gasteiger partial charge in [0.15, 0.2) is 11.6 Å². The molecule has 18 heavy (non-hydrogen) atoms. The van der Waals surface area contributed by atoms with Gasteiger partial charge in [-0.25, -0.2) is 4.39 Å². The average molecular weight is 307 g/mol. The number of benzene rings is 2. The number of ether oxygens (including phenoxy) is 1. The average Bonchev–Trinajstić information content (AvgIpc) is 2.37. The van der Waals surface area contributed by atoms with Crippen molar-refractivity contribution in [2.75, 3.05) is 5.73 Å².